The maximum absolute atomic E-state index is 12.1. The Bertz CT molecular complexity index is 333. The fraction of sp³-hybridized carbons (Fsp3) is 0.944. The maximum Gasteiger partial charge on any atom is 0.239 e. The molecule has 0 saturated heterocycles. The van der Waals surface area contributed by atoms with Gasteiger partial charge in [-0.1, -0.05) is 13.8 Å². The predicted molar refractivity (Wildman–Crippen MR) is 102 cm³/mol. The van der Waals surface area contributed by atoms with Crippen molar-refractivity contribution < 1.29 is 33.2 Å². The number of hydrogen-bond acceptors (Lipinski definition) is 8. The molecular formula is C18H38N2O7. The lowest BCUT2D eigenvalue weighted by atomic mass is 10.2. The Labute approximate surface area is 163 Å². The number of methoxy groups -OCH3 is 2. The highest BCUT2D eigenvalue weighted by molar-refractivity contribution is 5.81. The second kappa shape index (κ2) is 19.9. The molecule has 1 unspecified atom stereocenters. The van der Waals surface area contributed by atoms with Crippen LogP contribution >= 0.6 is 0 Å². The summed E-state index contributed by atoms with van der Waals surface area (Å²) in [5, 5.41) is 6.01. The third-order valence-corrected chi connectivity index (χ3v) is 3.29. The molecule has 0 heterocycles. The fourth-order valence-corrected chi connectivity index (χ4v) is 2.00. The SMILES string of the molecule is COCCNC(=O)C(COCCOCCOCCOCCOC)NC(C)C. The van der Waals surface area contributed by atoms with E-state index in [1.165, 1.54) is 0 Å². The molecule has 0 rings (SSSR count). The van der Waals surface area contributed by atoms with Crippen LogP contribution in [0.5, 0.6) is 0 Å². The molecule has 0 spiro atoms. The van der Waals surface area contributed by atoms with Gasteiger partial charge in [-0.3, -0.25) is 4.79 Å². The van der Waals surface area contributed by atoms with E-state index in [0.29, 0.717) is 66.0 Å². The summed E-state index contributed by atoms with van der Waals surface area (Å²) >= 11 is 0. The molecule has 1 atom stereocenters. The summed E-state index contributed by atoms with van der Waals surface area (Å²) in [5.41, 5.74) is 0. The first-order chi connectivity index (χ1) is 13.1. The van der Waals surface area contributed by atoms with E-state index in [4.69, 9.17) is 28.4 Å². The molecule has 0 saturated carbocycles. The Morgan fingerprint density at radius 3 is 1.70 bits per heavy atom. The van der Waals surface area contributed by atoms with Gasteiger partial charge in [0.2, 0.25) is 5.91 Å². The highest BCUT2D eigenvalue weighted by Crippen LogP contribution is 1.92. The van der Waals surface area contributed by atoms with Gasteiger partial charge in [-0.25, -0.2) is 0 Å². The Morgan fingerprint density at radius 1 is 0.741 bits per heavy atom. The van der Waals surface area contributed by atoms with Crippen LogP contribution in [0.15, 0.2) is 0 Å². The lowest BCUT2D eigenvalue weighted by Crippen LogP contribution is -2.50. The minimum atomic E-state index is -0.400. The van der Waals surface area contributed by atoms with Gasteiger partial charge in [0.05, 0.1) is 66.1 Å². The van der Waals surface area contributed by atoms with Gasteiger partial charge < -0.3 is 39.1 Å². The van der Waals surface area contributed by atoms with Crippen molar-refractivity contribution in [2.75, 3.05) is 86.8 Å². The van der Waals surface area contributed by atoms with Crippen molar-refractivity contribution in [1.82, 2.24) is 10.6 Å². The molecule has 0 aliphatic carbocycles. The zero-order valence-corrected chi connectivity index (χ0v) is 17.3. The van der Waals surface area contributed by atoms with E-state index in [-0.39, 0.29) is 18.6 Å². The topological polar surface area (TPSA) is 96.5 Å². The molecule has 0 radical (unpaired) electrons. The van der Waals surface area contributed by atoms with Crippen molar-refractivity contribution in [3.8, 4) is 0 Å². The number of hydrogen-bond donors (Lipinski definition) is 2. The number of carbonyl (C=O) groups is 1. The summed E-state index contributed by atoms with van der Waals surface area (Å²) in [6.07, 6.45) is 0. The van der Waals surface area contributed by atoms with E-state index < -0.39 is 6.04 Å². The fourth-order valence-electron chi connectivity index (χ4n) is 2.00. The van der Waals surface area contributed by atoms with Crippen LogP contribution in [0.3, 0.4) is 0 Å². The lowest BCUT2D eigenvalue weighted by Gasteiger charge is -2.20. The Morgan fingerprint density at radius 2 is 1.22 bits per heavy atom. The molecule has 0 fully saturated rings. The Balaban J connectivity index is 3.60. The smallest absolute Gasteiger partial charge is 0.239 e. The molecule has 0 aliphatic rings. The first-order valence-corrected chi connectivity index (χ1v) is 9.44. The maximum atomic E-state index is 12.1. The summed E-state index contributed by atoms with van der Waals surface area (Å²) in [6.45, 7) is 9.33. The minimum absolute atomic E-state index is 0.0946. The van der Waals surface area contributed by atoms with Crippen LogP contribution in [-0.4, -0.2) is 105 Å². The standard InChI is InChI=1S/C18H38N2O7/c1-16(2)20-17(18(21)19-5-6-22-3)15-27-14-13-26-12-11-25-10-9-24-8-7-23-4/h16-17,20H,5-15H2,1-4H3,(H,19,21). The van der Waals surface area contributed by atoms with E-state index >= 15 is 0 Å². The van der Waals surface area contributed by atoms with Crippen molar-refractivity contribution in [3.63, 3.8) is 0 Å². The van der Waals surface area contributed by atoms with Gasteiger partial charge in [-0.2, -0.15) is 0 Å². The Kier molecular flexibility index (Phi) is 19.3. The third-order valence-electron chi connectivity index (χ3n) is 3.29. The number of rotatable bonds is 20. The van der Waals surface area contributed by atoms with Crippen molar-refractivity contribution in [2.24, 2.45) is 0 Å². The van der Waals surface area contributed by atoms with Crippen molar-refractivity contribution in [3.05, 3.63) is 0 Å². The summed E-state index contributed by atoms with van der Waals surface area (Å²) < 4.78 is 31.4. The molecule has 9 heteroatoms. The number of carbonyl (C=O) groups excluding carboxylic acids is 1. The number of ether oxygens (including phenoxy) is 6. The van der Waals surface area contributed by atoms with Gasteiger partial charge in [0.25, 0.3) is 0 Å². The molecule has 162 valence electrons. The van der Waals surface area contributed by atoms with Crippen molar-refractivity contribution in [1.29, 1.82) is 0 Å². The zero-order valence-electron chi connectivity index (χ0n) is 17.3. The first kappa shape index (κ1) is 26.2. The van der Waals surface area contributed by atoms with E-state index in [9.17, 15) is 4.79 Å². The van der Waals surface area contributed by atoms with Crippen molar-refractivity contribution in [2.45, 2.75) is 25.9 Å². The van der Waals surface area contributed by atoms with Crippen molar-refractivity contribution >= 4 is 5.91 Å². The number of nitrogens with one attached hydrogen (secondary N) is 2. The summed E-state index contributed by atoms with van der Waals surface area (Å²) in [4.78, 5) is 12.1. The van der Waals surface area contributed by atoms with Gasteiger partial charge in [0.1, 0.15) is 6.04 Å². The predicted octanol–water partition coefficient (Wildman–Crippen LogP) is -0.172. The first-order valence-electron chi connectivity index (χ1n) is 9.44. The van der Waals surface area contributed by atoms with Crippen LogP contribution in [0.1, 0.15) is 13.8 Å². The molecule has 0 bridgehead atoms. The van der Waals surface area contributed by atoms with Gasteiger partial charge in [0.15, 0.2) is 0 Å². The molecule has 0 aliphatic heterocycles. The lowest BCUT2D eigenvalue weighted by molar-refractivity contribution is -0.125. The van der Waals surface area contributed by atoms with E-state index in [1.807, 2.05) is 13.8 Å². The molecule has 0 aromatic carbocycles. The molecular weight excluding hydrogens is 356 g/mol. The van der Waals surface area contributed by atoms with E-state index in [1.54, 1.807) is 14.2 Å². The average Bonchev–Trinajstić information content (AvgIpc) is 2.64. The van der Waals surface area contributed by atoms with Crippen LogP contribution in [-0.2, 0) is 33.2 Å². The van der Waals surface area contributed by atoms with E-state index in [2.05, 4.69) is 10.6 Å². The summed E-state index contributed by atoms with van der Waals surface area (Å²) in [5.74, 6) is -0.0946. The van der Waals surface area contributed by atoms with Crippen LogP contribution < -0.4 is 10.6 Å². The normalized spacial score (nSPS) is 12.5. The molecule has 0 aromatic heterocycles. The second-order valence-corrected chi connectivity index (χ2v) is 6.06. The minimum Gasteiger partial charge on any atom is -0.383 e. The molecule has 2 N–H and O–H groups in total. The molecule has 1 amide bonds. The van der Waals surface area contributed by atoms with Crippen LogP contribution in [0.2, 0.25) is 0 Å². The van der Waals surface area contributed by atoms with Crippen LogP contribution in [0.25, 0.3) is 0 Å². The highest BCUT2D eigenvalue weighted by Gasteiger charge is 2.18. The molecule has 27 heavy (non-hydrogen) atoms. The quantitative estimate of drug-likeness (QED) is 0.275. The Hall–Kier alpha value is -0.810. The number of amides is 1. The van der Waals surface area contributed by atoms with Gasteiger partial charge in [0, 0.05) is 26.8 Å². The monoisotopic (exact) mass is 394 g/mol. The molecule has 0 aromatic rings. The summed E-state index contributed by atoms with van der Waals surface area (Å²) in [6, 6.07) is -0.220. The summed E-state index contributed by atoms with van der Waals surface area (Å²) in [7, 11) is 3.24. The van der Waals surface area contributed by atoms with Gasteiger partial charge in [-0.15, -0.1) is 0 Å². The van der Waals surface area contributed by atoms with Gasteiger partial charge >= 0.3 is 0 Å². The average molecular weight is 395 g/mol. The van der Waals surface area contributed by atoms with Gasteiger partial charge in [-0.05, 0) is 0 Å². The highest BCUT2D eigenvalue weighted by atomic mass is 16.6. The van der Waals surface area contributed by atoms with E-state index in [0.717, 1.165) is 0 Å². The van der Waals surface area contributed by atoms with Crippen LogP contribution in [0.4, 0.5) is 0 Å². The molecule has 9 nitrogen and oxygen atoms in total. The van der Waals surface area contributed by atoms with Crippen LogP contribution in [0, 0.1) is 0 Å². The second-order valence-electron chi connectivity index (χ2n) is 6.06. The largest absolute Gasteiger partial charge is 0.383 e. The third kappa shape index (κ3) is 18.3. The zero-order chi connectivity index (χ0) is 20.2.